The number of alkyl halides is 4. The molecule has 1 aliphatic rings. The van der Waals surface area contributed by atoms with Crippen LogP contribution in [0.5, 0.6) is 0 Å². The average molecular weight is 599 g/mol. The Balaban J connectivity index is 1.38. The molecule has 1 saturated carbocycles. The predicted molar refractivity (Wildman–Crippen MR) is 149 cm³/mol. The Bertz CT molecular complexity index is 1660. The summed E-state index contributed by atoms with van der Waals surface area (Å²) in [6, 6.07) is 8.91. The van der Waals surface area contributed by atoms with Crippen molar-refractivity contribution in [2.75, 3.05) is 11.9 Å². The number of aromatic nitrogens is 5. The summed E-state index contributed by atoms with van der Waals surface area (Å²) in [6.45, 7) is 2.22. The molecular weight excluding hydrogens is 568 g/mol. The standard InChI is InChI=1S/C29H30F4N8O2/c1-28(2,43)26(30)15-36-27(42)22-14-35-24(25-8-7-21-9-17(11-34)12-38-41(21)25)10-23(22)39-20-5-3-18(4-6-20)19-13-37-40(16-19)29(31,32)33/h7-10,12-14,16,18,20,26,43H,3-6,15H2,1-2H3,(H,35,39)(H,36,42)/t18?,20?,26-/m1/s1. The van der Waals surface area contributed by atoms with Crippen LogP contribution in [0.3, 0.4) is 0 Å². The Hall–Kier alpha value is -4.51. The Morgan fingerprint density at radius 3 is 2.53 bits per heavy atom. The third-order valence-corrected chi connectivity index (χ3v) is 7.67. The number of nitrogens with zero attached hydrogens (tertiary/aromatic N) is 6. The zero-order valence-corrected chi connectivity index (χ0v) is 23.4. The molecule has 1 amide bonds. The third kappa shape index (κ3) is 6.61. The highest BCUT2D eigenvalue weighted by atomic mass is 19.4. The molecule has 0 aliphatic heterocycles. The fourth-order valence-electron chi connectivity index (χ4n) is 5.15. The van der Waals surface area contributed by atoms with E-state index in [-0.39, 0.29) is 22.2 Å². The van der Waals surface area contributed by atoms with Gasteiger partial charge in [-0.3, -0.25) is 9.78 Å². The van der Waals surface area contributed by atoms with Crippen LogP contribution in [0.1, 0.15) is 66.9 Å². The summed E-state index contributed by atoms with van der Waals surface area (Å²) >= 11 is 0. The lowest BCUT2D eigenvalue weighted by atomic mass is 9.83. The summed E-state index contributed by atoms with van der Waals surface area (Å²) in [5, 5.41) is 32.8. The van der Waals surface area contributed by atoms with Gasteiger partial charge in [0.15, 0.2) is 0 Å². The van der Waals surface area contributed by atoms with Gasteiger partial charge in [0.05, 0.1) is 58.3 Å². The van der Waals surface area contributed by atoms with Crippen molar-refractivity contribution >= 4 is 17.1 Å². The zero-order valence-electron chi connectivity index (χ0n) is 23.4. The summed E-state index contributed by atoms with van der Waals surface area (Å²) < 4.78 is 55.0. The minimum atomic E-state index is -4.57. The molecule has 4 aromatic rings. The number of nitriles is 1. The molecule has 43 heavy (non-hydrogen) atoms. The third-order valence-electron chi connectivity index (χ3n) is 7.67. The molecule has 0 bridgehead atoms. The van der Waals surface area contributed by atoms with Crippen LogP contribution in [0.4, 0.5) is 23.2 Å². The maximum absolute atomic E-state index is 14.4. The predicted octanol–water partition coefficient (Wildman–Crippen LogP) is 4.92. The number of rotatable bonds is 8. The fraction of sp³-hybridized carbons (Fsp3) is 0.414. The number of hydrogen-bond acceptors (Lipinski definition) is 7. The van der Waals surface area contributed by atoms with Gasteiger partial charge in [-0.1, -0.05) is 0 Å². The second kappa shape index (κ2) is 11.6. The average Bonchev–Trinajstić information content (AvgIpc) is 3.63. The highest BCUT2D eigenvalue weighted by molar-refractivity contribution is 6.00. The molecule has 226 valence electrons. The number of fused-ring (bicyclic) bond motifs is 1. The topological polar surface area (TPSA) is 133 Å². The second-order valence-electron chi connectivity index (χ2n) is 11.2. The molecule has 10 nitrogen and oxygen atoms in total. The van der Waals surface area contributed by atoms with Crippen LogP contribution in [0.25, 0.3) is 16.9 Å². The summed E-state index contributed by atoms with van der Waals surface area (Å²) in [5.41, 5.74) is 1.69. The highest BCUT2D eigenvalue weighted by Gasteiger charge is 2.33. The van der Waals surface area contributed by atoms with Crippen molar-refractivity contribution in [3.05, 3.63) is 65.7 Å². The van der Waals surface area contributed by atoms with Crippen molar-refractivity contribution in [3.8, 4) is 17.5 Å². The molecule has 1 fully saturated rings. The first-order chi connectivity index (χ1) is 20.3. The molecule has 0 unspecified atom stereocenters. The molecule has 4 heterocycles. The van der Waals surface area contributed by atoms with Gasteiger partial charge in [-0.15, -0.1) is 13.2 Å². The molecule has 3 N–H and O–H groups in total. The van der Waals surface area contributed by atoms with E-state index >= 15 is 0 Å². The zero-order chi connectivity index (χ0) is 30.9. The Morgan fingerprint density at radius 2 is 1.88 bits per heavy atom. The van der Waals surface area contributed by atoms with E-state index in [1.165, 1.54) is 32.4 Å². The van der Waals surface area contributed by atoms with Crippen molar-refractivity contribution < 1.29 is 27.5 Å². The summed E-state index contributed by atoms with van der Waals surface area (Å²) in [6.07, 6.45) is 1.30. The molecule has 0 spiro atoms. The summed E-state index contributed by atoms with van der Waals surface area (Å²) in [7, 11) is 0. The molecule has 14 heteroatoms. The lowest BCUT2D eigenvalue weighted by molar-refractivity contribution is -0.212. The van der Waals surface area contributed by atoms with Crippen molar-refractivity contribution in [3.63, 3.8) is 0 Å². The number of anilines is 1. The van der Waals surface area contributed by atoms with E-state index in [0.717, 1.165) is 6.20 Å². The van der Waals surface area contributed by atoms with Gasteiger partial charge >= 0.3 is 6.30 Å². The number of carbonyl (C=O) groups excluding carboxylic acids is 1. The van der Waals surface area contributed by atoms with Crippen LogP contribution in [-0.2, 0) is 6.30 Å². The molecule has 4 aromatic heterocycles. The van der Waals surface area contributed by atoms with Crippen LogP contribution in [0.2, 0.25) is 0 Å². The van der Waals surface area contributed by atoms with E-state index in [2.05, 4.69) is 31.9 Å². The van der Waals surface area contributed by atoms with Crippen LogP contribution in [0, 0.1) is 11.3 Å². The first kappa shape index (κ1) is 30.0. The largest absolute Gasteiger partial charge is 0.504 e. The van der Waals surface area contributed by atoms with E-state index in [4.69, 9.17) is 0 Å². The van der Waals surface area contributed by atoms with Gasteiger partial charge in [0.1, 0.15) is 12.2 Å². The van der Waals surface area contributed by atoms with Gasteiger partial charge in [0, 0.05) is 18.4 Å². The minimum absolute atomic E-state index is 0.0111. The molecule has 0 radical (unpaired) electrons. The number of hydrogen-bond donors (Lipinski definition) is 3. The van der Waals surface area contributed by atoms with Crippen LogP contribution < -0.4 is 10.6 Å². The first-order valence-corrected chi connectivity index (χ1v) is 13.7. The summed E-state index contributed by atoms with van der Waals surface area (Å²) in [5.74, 6) is -0.664. The number of pyridine rings is 1. The molecule has 0 saturated heterocycles. The monoisotopic (exact) mass is 598 g/mol. The number of aliphatic hydroxyl groups is 1. The fourth-order valence-corrected chi connectivity index (χ4v) is 5.15. The maximum atomic E-state index is 14.4. The van der Waals surface area contributed by atoms with Gasteiger partial charge < -0.3 is 15.7 Å². The molecule has 1 atom stereocenters. The molecule has 5 rings (SSSR count). The number of amides is 1. The van der Waals surface area contributed by atoms with Gasteiger partial charge in [-0.2, -0.15) is 20.1 Å². The quantitative estimate of drug-likeness (QED) is 0.245. The molecular formula is C29H30F4N8O2. The smallest absolute Gasteiger partial charge is 0.387 e. The normalized spacial score (nSPS) is 18.3. The van der Waals surface area contributed by atoms with Gasteiger partial charge in [0.2, 0.25) is 0 Å². The van der Waals surface area contributed by atoms with Gasteiger partial charge in [0.25, 0.3) is 5.91 Å². The Labute approximate surface area is 244 Å². The molecule has 1 aliphatic carbocycles. The van der Waals surface area contributed by atoms with E-state index in [1.54, 1.807) is 28.8 Å². The Morgan fingerprint density at radius 1 is 1.14 bits per heavy atom. The van der Waals surface area contributed by atoms with Crippen molar-refractivity contribution in [1.29, 1.82) is 5.26 Å². The van der Waals surface area contributed by atoms with Crippen molar-refractivity contribution in [2.45, 2.75) is 69.6 Å². The van der Waals surface area contributed by atoms with Crippen molar-refractivity contribution in [1.82, 2.24) is 29.7 Å². The lowest BCUT2D eigenvalue weighted by Gasteiger charge is -2.30. The number of nitrogens with one attached hydrogen (secondary N) is 2. The van der Waals surface area contributed by atoms with E-state index in [0.29, 0.717) is 59.4 Å². The maximum Gasteiger partial charge on any atom is 0.504 e. The highest BCUT2D eigenvalue weighted by Crippen LogP contribution is 2.36. The van der Waals surface area contributed by atoms with E-state index in [9.17, 15) is 32.7 Å². The van der Waals surface area contributed by atoms with E-state index < -0.39 is 30.5 Å². The molecule has 0 aromatic carbocycles. The summed E-state index contributed by atoms with van der Waals surface area (Å²) in [4.78, 5) is 17.6. The first-order valence-electron chi connectivity index (χ1n) is 13.7. The number of halogens is 4. The van der Waals surface area contributed by atoms with Crippen molar-refractivity contribution in [2.24, 2.45) is 0 Å². The number of carbonyl (C=O) groups is 1. The van der Waals surface area contributed by atoms with Crippen LogP contribution >= 0.6 is 0 Å². The van der Waals surface area contributed by atoms with Gasteiger partial charge in [-0.25, -0.2) is 8.91 Å². The minimum Gasteiger partial charge on any atom is -0.387 e. The second-order valence-corrected chi connectivity index (χ2v) is 11.2. The van der Waals surface area contributed by atoms with Gasteiger partial charge in [-0.05, 0) is 75.3 Å². The van der Waals surface area contributed by atoms with Crippen LogP contribution in [0.15, 0.2) is 49.1 Å². The van der Waals surface area contributed by atoms with E-state index in [1.807, 2.05) is 0 Å². The van der Waals surface area contributed by atoms with Crippen LogP contribution in [-0.4, -0.2) is 59.8 Å². The Kier molecular flexibility index (Phi) is 8.11. The SMILES string of the molecule is CC(C)(O)[C@H](F)CNC(=O)c1cnc(-c2ccc3cc(C#N)cnn23)cc1NC1CCC(c2cnn(C(F)(F)F)c2)CC1. The lowest BCUT2D eigenvalue weighted by Crippen LogP contribution is -2.42.